The van der Waals surface area contributed by atoms with E-state index in [1.165, 1.54) is 0 Å². The first-order valence-corrected chi connectivity index (χ1v) is 8.33. The SMILES string of the molecule is O=C(O)CN1C(=O)NC2(CCc3cc(N4CCC(O)C4)ccc32)C1=O. The number of anilines is 1. The summed E-state index contributed by atoms with van der Waals surface area (Å²) in [6, 6.07) is 5.07. The number of hydrogen-bond acceptors (Lipinski definition) is 5. The highest BCUT2D eigenvalue weighted by Gasteiger charge is 2.55. The third kappa shape index (κ3) is 2.36. The first-order valence-electron chi connectivity index (χ1n) is 8.33. The molecular formula is C17H19N3O5. The summed E-state index contributed by atoms with van der Waals surface area (Å²) in [6.07, 6.45) is 1.47. The number of aliphatic hydroxyl groups is 1. The first kappa shape index (κ1) is 15.9. The lowest BCUT2D eigenvalue weighted by molar-refractivity contribution is -0.142. The Bertz CT molecular complexity index is 780. The summed E-state index contributed by atoms with van der Waals surface area (Å²) < 4.78 is 0. The van der Waals surface area contributed by atoms with Gasteiger partial charge < -0.3 is 20.4 Å². The number of aryl methyl sites for hydroxylation is 1. The van der Waals surface area contributed by atoms with E-state index in [1.807, 2.05) is 18.2 Å². The van der Waals surface area contributed by atoms with Crippen molar-refractivity contribution in [2.45, 2.75) is 30.9 Å². The van der Waals surface area contributed by atoms with Crippen molar-refractivity contribution in [2.75, 3.05) is 24.5 Å². The Morgan fingerprint density at radius 1 is 1.36 bits per heavy atom. The van der Waals surface area contributed by atoms with Gasteiger partial charge in [-0.1, -0.05) is 6.07 Å². The molecule has 0 radical (unpaired) electrons. The zero-order valence-electron chi connectivity index (χ0n) is 13.6. The standard InChI is InChI=1S/C17H19N3O5/c21-12-4-6-19(8-12)11-1-2-13-10(7-11)3-5-17(13)15(24)20(9-14(22)23)16(25)18-17/h1-2,7,12,21H,3-6,8-9H2,(H,18,25)(H,22,23). The van der Waals surface area contributed by atoms with Crippen LogP contribution in [0.15, 0.2) is 18.2 Å². The maximum atomic E-state index is 12.8. The minimum absolute atomic E-state index is 0.320. The number of β-amino-alcohol motifs (C(OH)–C–C–N with tert-alkyl or cyclic N) is 1. The highest BCUT2D eigenvalue weighted by atomic mass is 16.4. The van der Waals surface area contributed by atoms with Crippen molar-refractivity contribution in [3.63, 3.8) is 0 Å². The van der Waals surface area contributed by atoms with Gasteiger partial charge in [0.15, 0.2) is 0 Å². The van der Waals surface area contributed by atoms with Crippen LogP contribution in [-0.4, -0.2) is 58.8 Å². The van der Waals surface area contributed by atoms with E-state index in [0.717, 1.165) is 34.7 Å². The molecule has 8 heteroatoms. The molecule has 2 fully saturated rings. The van der Waals surface area contributed by atoms with Crippen molar-refractivity contribution < 1.29 is 24.6 Å². The van der Waals surface area contributed by atoms with Crippen LogP contribution in [-0.2, 0) is 21.5 Å². The highest BCUT2D eigenvalue weighted by molar-refractivity contribution is 6.09. The third-order valence-electron chi connectivity index (χ3n) is 5.32. The monoisotopic (exact) mass is 345 g/mol. The smallest absolute Gasteiger partial charge is 0.325 e. The number of carbonyl (C=O) groups excluding carboxylic acids is 2. The van der Waals surface area contributed by atoms with Crippen LogP contribution >= 0.6 is 0 Å². The minimum atomic E-state index is -1.22. The normalized spacial score (nSPS) is 28.0. The number of carboxylic acids is 1. The lowest BCUT2D eigenvalue weighted by Crippen LogP contribution is -2.42. The Hall–Kier alpha value is -2.61. The van der Waals surface area contributed by atoms with Gasteiger partial charge in [0.25, 0.3) is 5.91 Å². The van der Waals surface area contributed by atoms with E-state index < -0.39 is 30.0 Å². The molecule has 3 N–H and O–H groups in total. The van der Waals surface area contributed by atoms with Crippen molar-refractivity contribution in [1.82, 2.24) is 10.2 Å². The number of rotatable bonds is 3. The van der Waals surface area contributed by atoms with Gasteiger partial charge in [-0.3, -0.25) is 14.5 Å². The van der Waals surface area contributed by atoms with Crippen LogP contribution < -0.4 is 10.2 Å². The molecule has 1 spiro atoms. The van der Waals surface area contributed by atoms with Crippen molar-refractivity contribution in [2.24, 2.45) is 0 Å². The second-order valence-corrected chi connectivity index (χ2v) is 6.85. The number of amides is 3. The van der Waals surface area contributed by atoms with Crippen molar-refractivity contribution in [3.8, 4) is 0 Å². The lowest BCUT2D eigenvalue weighted by Gasteiger charge is -2.23. The minimum Gasteiger partial charge on any atom is -0.480 e. The van der Waals surface area contributed by atoms with Gasteiger partial charge in [0, 0.05) is 18.8 Å². The van der Waals surface area contributed by atoms with Gasteiger partial charge in [-0.15, -0.1) is 0 Å². The van der Waals surface area contributed by atoms with Gasteiger partial charge in [0.05, 0.1) is 6.10 Å². The average Bonchev–Trinajstić information content (AvgIpc) is 3.22. The van der Waals surface area contributed by atoms with E-state index in [2.05, 4.69) is 10.2 Å². The Morgan fingerprint density at radius 3 is 2.84 bits per heavy atom. The summed E-state index contributed by atoms with van der Waals surface area (Å²) in [4.78, 5) is 38.6. The van der Waals surface area contributed by atoms with E-state index in [0.29, 0.717) is 19.4 Å². The predicted octanol–water partition coefficient (Wildman–Crippen LogP) is 0.0355. The number of carboxylic acid groups (broad SMARTS) is 1. The van der Waals surface area contributed by atoms with Gasteiger partial charge in [0.1, 0.15) is 12.1 Å². The number of benzene rings is 1. The molecule has 1 aromatic carbocycles. The highest BCUT2D eigenvalue weighted by Crippen LogP contribution is 2.42. The van der Waals surface area contributed by atoms with E-state index in [4.69, 9.17) is 5.11 Å². The molecule has 0 saturated carbocycles. The zero-order valence-corrected chi connectivity index (χ0v) is 13.6. The van der Waals surface area contributed by atoms with Crippen LogP contribution in [0.3, 0.4) is 0 Å². The molecular weight excluding hydrogens is 326 g/mol. The fraction of sp³-hybridized carbons (Fsp3) is 0.471. The van der Waals surface area contributed by atoms with E-state index in [9.17, 15) is 19.5 Å². The lowest BCUT2D eigenvalue weighted by atomic mass is 9.91. The number of aliphatic hydroxyl groups excluding tert-OH is 1. The van der Waals surface area contributed by atoms with Gasteiger partial charge in [0.2, 0.25) is 0 Å². The summed E-state index contributed by atoms with van der Waals surface area (Å²) in [5.41, 5.74) is 1.56. The largest absolute Gasteiger partial charge is 0.480 e. The molecule has 2 heterocycles. The number of urea groups is 1. The number of carbonyl (C=O) groups is 3. The fourth-order valence-electron chi connectivity index (χ4n) is 4.09. The molecule has 25 heavy (non-hydrogen) atoms. The molecule has 2 atom stereocenters. The number of hydrogen-bond donors (Lipinski definition) is 3. The third-order valence-corrected chi connectivity index (χ3v) is 5.32. The summed E-state index contributed by atoms with van der Waals surface area (Å²) in [7, 11) is 0. The predicted molar refractivity (Wildman–Crippen MR) is 87.2 cm³/mol. The average molecular weight is 345 g/mol. The van der Waals surface area contributed by atoms with Crippen molar-refractivity contribution in [3.05, 3.63) is 29.3 Å². The van der Waals surface area contributed by atoms with Crippen LogP contribution in [0.5, 0.6) is 0 Å². The molecule has 2 saturated heterocycles. The maximum Gasteiger partial charge on any atom is 0.325 e. The topological polar surface area (TPSA) is 110 Å². The summed E-state index contributed by atoms with van der Waals surface area (Å²) >= 11 is 0. The molecule has 2 unspecified atom stereocenters. The van der Waals surface area contributed by atoms with Crippen molar-refractivity contribution in [1.29, 1.82) is 0 Å². The molecule has 2 aliphatic heterocycles. The van der Waals surface area contributed by atoms with Crippen LogP contribution in [0.25, 0.3) is 0 Å². The molecule has 8 nitrogen and oxygen atoms in total. The molecule has 3 aliphatic rings. The molecule has 132 valence electrons. The van der Waals surface area contributed by atoms with Gasteiger partial charge >= 0.3 is 12.0 Å². The number of aliphatic carboxylic acids is 1. The first-order chi connectivity index (χ1) is 11.9. The van der Waals surface area contributed by atoms with Gasteiger partial charge in [-0.05, 0) is 42.5 Å². The van der Waals surface area contributed by atoms with E-state index >= 15 is 0 Å². The van der Waals surface area contributed by atoms with E-state index in [-0.39, 0.29) is 6.10 Å². The number of fused-ring (bicyclic) bond motifs is 2. The van der Waals surface area contributed by atoms with Gasteiger partial charge in [-0.25, -0.2) is 4.79 Å². The Labute approximate surface area is 144 Å². The van der Waals surface area contributed by atoms with Crippen LogP contribution in [0.1, 0.15) is 24.0 Å². The number of nitrogens with one attached hydrogen (secondary N) is 1. The summed E-state index contributed by atoms with van der Waals surface area (Å²) in [5.74, 6) is -1.72. The van der Waals surface area contributed by atoms with E-state index in [1.54, 1.807) is 0 Å². The summed E-state index contributed by atoms with van der Waals surface area (Å²) in [5, 5.41) is 21.3. The molecule has 0 bridgehead atoms. The quantitative estimate of drug-likeness (QED) is 0.667. The molecule has 1 aromatic rings. The molecule has 1 aliphatic carbocycles. The molecule has 3 amide bonds. The Morgan fingerprint density at radius 2 is 2.16 bits per heavy atom. The van der Waals surface area contributed by atoms with Crippen LogP contribution in [0.4, 0.5) is 10.5 Å². The van der Waals surface area contributed by atoms with Crippen LogP contribution in [0, 0.1) is 0 Å². The second-order valence-electron chi connectivity index (χ2n) is 6.85. The zero-order chi connectivity index (χ0) is 17.8. The number of imide groups is 1. The van der Waals surface area contributed by atoms with Crippen LogP contribution in [0.2, 0.25) is 0 Å². The maximum absolute atomic E-state index is 12.8. The Balaban J connectivity index is 1.65. The molecule has 4 rings (SSSR count). The fourth-order valence-corrected chi connectivity index (χ4v) is 4.09. The van der Waals surface area contributed by atoms with Crippen molar-refractivity contribution >= 4 is 23.6 Å². The summed E-state index contributed by atoms with van der Waals surface area (Å²) in [6.45, 7) is 0.741. The molecule has 0 aromatic heterocycles. The second kappa shape index (κ2) is 5.45. The Kier molecular flexibility index (Phi) is 3.47. The van der Waals surface area contributed by atoms with Gasteiger partial charge in [-0.2, -0.15) is 0 Å². The number of nitrogens with zero attached hydrogens (tertiary/aromatic N) is 2.